The van der Waals surface area contributed by atoms with Crippen molar-refractivity contribution in [1.82, 2.24) is 9.80 Å². The van der Waals surface area contributed by atoms with Gasteiger partial charge in [-0.15, -0.1) is 11.8 Å². The summed E-state index contributed by atoms with van der Waals surface area (Å²) in [6.45, 7) is 9.25. The summed E-state index contributed by atoms with van der Waals surface area (Å²) in [6.07, 6.45) is 6.97. The van der Waals surface area contributed by atoms with E-state index in [1.165, 1.54) is 37.0 Å². The molecule has 3 heterocycles. The summed E-state index contributed by atoms with van der Waals surface area (Å²) in [7, 11) is 0. The third-order valence-corrected chi connectivity index (χ3v) is 9.04. The summed E-state index contributed by atoms with van der Waals surface area (Å²) in [5, 5.41) is 20.2. The molecule has 0 aromatic carbocycles. The van der Waals surface area contributed by atoms with Crippen LogP contribution in [-0.4, -0.2) is 68.9 Å². The number of amides is 1. The zero-order chi connectivity index (χ0) is 20.9. The van der Waals surface area contributed by atoms with E-state index in [-0.39, 0.29) is 23.6 Å². The van der Waals surface area contributed by atoms with E-state index in [1.54, 1.807) is 18.7 Å². The Bertz CT molecular complexity index is 716. The summed E-state index contributed by atoms with van der Waals surface area (Å²) >= 11 is 1.67. The molecular formula is C22H34N2O4S. The summed E-state index contributed by atoms with van der Waals surface area (Å²) < 4.78 is 0. The Labute approximate surface area is 177 Å². The normalized spacial score (nSPS) is 35.6. The number of carbonyl (C=O) groups excluding carboxylic acids is 1. The Hall–Kier alpha value is -1.05. The molecule has 0 bridgehead atoms. The molecule has 2 N–H and O–H groups in total. The minimum absolute atomic E-state index is 0.0340. The molecular weight excluding hydrogens is 388 g/mol. The van der Waals surface area contributed by atoms with Crippen LogP contribution in [0.25, 0.3) is 0 Å². The lowest BCUT2D eigenvalue weighted by atomic mass is 9.75. The van der Waals surface area contributed by atoms with Gasteiger partial charge in [0.25, 0.3) is 0 Å². The number of likely N-dealkylation sites (tertiary alicyclic amines) is 1. The number of β-lactam (4-membered cyclic amide) rings is 1. The molecule has 6 nitrogen and oxygen atoms in total. The third-order valence-electron chi connectivity index (χ3n) is 7.50. The van der Waals surface area contributed by atoms with Crippen LogP contribution in [0.1, 0.15) is 59.3 Å². The number of hydrogen-bond acceptors (Lipinski definition) is 5. The highest BCUT2D eigenvalue weighted by Gasteiger charge is 2.60. The molecule has 3 fully saturated rings. The van der Waals surface area contributed by atoms with Gasteiger partial charge in [-0.2, -0.15) is 0 Å². The quantitative estimate of drug-likeness (QED) is 0.641. The van der Waals surface area contributed by atoms with Gasteiger partial charge in [0, 0.05) is 29.2 Å². The first-order chi connectivity index (χ1) is 13.7. The summed E-state index contributed by atoms with van der Waals surface area (Å²) in [6, 6.07) is -0.213. The topological polar surface area (TPSA) is 81.1 Å². The molecule has 4 rings (SSSR count). The molecule has 0 aromatic heterocycles. The lowest BCUT2D eigenvalue weighted by Crippen LogP contribution is -2.63. The van der Waals surface area contributed by atoms with Gasteiger partial charge in [0.1, 0.15) is 5.70 Å². The van der Waals surface area contributed by atoms with Crippen molar-refractivity contribution in [2.45, 2.75) is 76.7 Å². The number of carbonyl (C=O) groups is 2. The predicted molar refractivity (Wildman–Crippen MR) is 113 cm³/mol. The first-order valence-corrected chi connectivity index (χ1v) is 12.0. The standard InChI is InChI=1S/C22H34N2O4S/c1-13-17-16(14(2)25)20(26)24(17)18(21(27)28)19(13)29-15-7-10-23(11-15)12-22(3)8-5-4-6-9-22/h13-17,25H,4-12H2,1-3H3,(H,27,28)/t13-,14-,15-,16-,17-/m1/s1. The summed E-state index contributed by atoms with van der Waals surface area (Å²) in [5.41, 5.74) is 0.582. The molecule has 4 aliphatic rings. The number of fused-ring (bicyclic) bond motifs is 1. The number of hydrogen-bond donors (Lipinski definition) is 2. The van der Waals surface area contributed by atoms with Crippen molar-refractivity contribution in [3.8, 4) is 0 Å². The lowest BCUT2D eigenvalue weighted by molar-refractivity contribution is -0.163. The monoisotopic (exact) mass is 422 g/mol. The fourth-order valence-corrected chi connectivity index (χ4v) is 7.52. The number of thioether (sulfide) groups is 1. The van der Waals surface area contributed by atoms with Crippen LogP contribution in [0.2, 0.25) is 0 Å². The Balaban J connectivity index is 1.44. The zero-order valence-electron chi connectivity index (χ0n) is 17.8. The van der Waals surface area contributed by atoms with Crippen LogP contribution >= 0.6 is 11.8 Å². The Morgan fingerprint density at radius 3 is 2.62 bits per heavy atom. The van der Waals surface area contributed by atoms with Crippen LogP contribution in [0.4, 0.5) is 0 Å². The van der Waals surface area contributed by atoms with Crippen molar-refractivity contribution in [3.63, 3.8) is 0 Å². The third kappa shape index (κ3) is 3.74. The van der Waals surface area contributed by atoms with Crippen LogP contribution in [0, 0.1) is 17.3 Å². The highest BCUT2D eigenvalue weighted by molar-refractivity contribution is 8.03. The molecule has 1 amide bonds. The maximum absolute atomic E-state index is 12.5. The van der Waals surface area contributed by atoms with Gasteiger partial charge in [-0.1, -0.05) is 33.1 Å². The number of aliphatic hydroxyl groups excluding tert-OH is 1. The van der Waals surface area contributed by atoms with Crippen molar-refractivity contribution in [2.24, 2.45) is 17.3 Å². The second-order valence-electron chi connectivity index (χ2n) is 9.91. The highest BCUT2D eigenvalue weighted by atomic mass is 32.2. The molecule has 29 heavy (non-hydrogen) atoms. The van der Waals surface area contributed by atoms with E-state index in [9.17, 15) is 19.8 Å². The summed E-state index contributed by atoms with van der Waals surface area (Å²) in [5.74, 6) is -1.79. The van der Waals surface area contributed by atoms with Crippen molar-refractivity contribution in [3.05, 3.63) is 10.6 Å². The molecule has 0 spiro atoms. The summed E-state index contributed by atoms with van der Waals surface area (Å²) in [4.78, 5) is 29.3. The largest absolute Gasteiger partial charge is 0.477 e. The van der Waals surface area contributed by atoms with Crippen LogP contribution < -0.4 is 0 Å². The van der Waals surface area contributed by atoms with Gasteiger partial charge in [-0.3, -0.25) is 4.79 Å². The SMILES string of the molecule is C[C@@H](O)[C@H]1C(=O)N2C(C(=O)O)=C(S[C@@H]3CCN(CC4(C)CCCCC4)C3)[C@H](C)[C@H]12. The molecule has 5 atom stereocenters. The van der Waals surface area contributed by atoms with Crippen molar-refractivity contribution >= 4 is 23.6 Å². The molecule has 162 valence electrons. The lowest BCUT2D eigenvalue weighted by Gasteiger charge is -2.46. The van der Waals surface area contributed by atoms with E-state index in [0.29, 0.717) is 10.7 Å². The zero-order valence-corrected chi connectivity index (χ0v) is 18.6. The second-order valence-corrected chi connectivity index (χ2v) is 11.2. The molecule has 0 radical (unpaired) electrons. The van der Waals surface area contributed by atoms with E-state index >= 15 is 0 Å². The number of aliphatic hydroxyl groups is 1. The predicted octanol–water partition coefficient (Wildman–Crippen LogP) is 2.92. The minimum Gasteiger partial charge on any atom is -0.477 e. The van der Waals surface area contributed by atoms with Gasteiger partial charge in [0.15, 0.2) is 0 Å². The van der Waals surface area contributed by atoms with E-state index < -0.39 is 18.0 Å². The van der Waals surface area contributed by atoms with E-state index in [1.807, 2.05) is 6.92 Å². The first kappa shape index (κ1) is 21.2. The smallest absolute Gasteiger partial charge is 0.353 e. The average Bonchev–Trinajstić information content (AvgIpc) is 3.16. The molecule has 3 aliphatic heterocycles. The van der Waals surface area contributed by atoms with E-state index in [4.69, 9.17) is 0 Å². The van der Waals surface area contributed by atoms with Crippen LogP contribution in [0.5, 0.6) is 0 Å². The molecule has 1 aliphatic carbocycles. The molecule has 7 heteroatoms. The Kier molecular flexibility index (Phi) is 5.77. The minimum atomic E-state index is -1.02. The Morgan fingerprint density at radius 1 is 1.31 bits per heavy atom. The van der Waals surface area contributed by atoms with Gasteiger partial charge in [-0.25, -0.2) is 4.79 Å². The van der Waals surface area contributed by atoms with Crippen molar-refractivity contribution in [2.75, 3.05) is 19.6 Å². The van der Waals surface area contributed by atoms with Gasteiger partial charge in [0.2, 0.25) is 5.91 Å². The number of rotatable bonds is 6. The number of aliphatic carboxylic acids is 1. The number of carboxylic acid groups (broad SMARTS) is 1. The number of carboxylic acids is 1. The molecule has 0 aromatic rings. The molecule has 0 unspecified atom stereocenters. The van der Waals surface area contributed by atoms with Crippen molar-refractivity contribution in [1.29, 1.82) is 0 Å². The first-order valence-electron chi connectivity index (χ1n) is 11.1. The fraction of sp³-hybridized carbons (Fsp3) is 0.818. The Morgan fingerprint density at radius 2 is 2.00 bits per heavy atom. The highest BCUT2D eigenvalue weighted by Crippen LogP contribution is 2.52. The van der Waals surface area contributed by atoms with Gasteiger partial charge in [-0.05, 0) is 38.1 Å². The van der Waals surface area contributed by atoms with Gasteiger partial charge >= 0.3 is 5.97 Å². The van der Waals surface area contributed by atoms with E-state index in [2.05, 4.69) is 11.8 Å². The van der Waals surface area contributed by atoms with Crippen LogP contribution in [0.3, 0.4) is 0 Å². The van der Waals surface area contributed by atoms with Gasteiger partial charge in [0.05, 0.1) is 18.1 Å². The second kappa shape index (κ2) is 7.89. The maximum Gasteiger partial charge on any atom is 0.353 e. The van der Waals surface area contributed by atoms with Gasteiger partial charge < -0.3 is 20.0 Å². The van der Waals surface area contributed by atoms with Crippen molar-refractivity contribution < 1.29 is 19.8 Å². The average molecular weight is 423 g/mol. The van der Waals surface area contributed by atoms with Crippen LogP contribution in [0.15, 0.2) is 10.6 Å². The van der Waals surface area contributed by atoms with Crippen LogP contribution in [-0.2, 0) is 9.59 Å². The molecule has 1 saturated carbocycles. The molecule has 2 saturated heterocycles. The van der Waals surface area contributed by atoms with E-state index in [0.717, 1.165) is 31.0 Å². The maximum atomic E-state index is 12.5. The fourth-order valence-electron chi connectivity index (χ4n) is 6.00. The number of nitrogens with zero attached hydrogens (tertiary/aromatic N) is 2.